The Morgan fingerprint density at radius 3 is 2.80 bits per heavy atom. The Bertz CT molecular complexity index is 650. The molecule has 0 aliphatic heterocycles. The van der Waals surface area contributed by atoms with Crippen molar-refractivity contribution in [3.05, 3.63) is 58.9 Å². The summed E-state index contributed by atoms with van der Waals surface area (Å²) in [6.07, 6.45) is 0.766. The molecule has 2 rings (SSSR count). The van der Waals surface area contributed by atoms with Gasteiger partial charge in [0.25, 0.3) is 0 Å². The fourth-order valence-corrected chi connectivity index (χ4v) is 1.80. The molecule has 20 heavy (non-hydrogen) atoms. The zero-order chi connectivity index (χ0) is 14.5. The van der Waals surface area contributed by atoms with E-state index in [1.807, 2.05) is 13.0 Å². The second kappa shape index (κ2) is 6.10. The summed E-state index contributed by atoms with van der Waals surface area (Å²) in [5.41, 5.74) is 2.56. The molecular formula is C16H15NO3. The standard InChI is InChI=1S/C16H15NO3/c1-11-6-7-16(13(8-11)9-18)20-10-14-4-3-5-15(17-14)12(2)19/h3-9H,10H2,1-2H3. The summed E-state index contributed by atoms with van der Waals surface area (Å²) in [6, 6.07) is 10.6. The zero-order valence-electron chi connectivity index (χ0n) is 11.4. The lowest BCUT2D eigenvalue weighted by Gasteiger charge is -2.09. The molecule has 1 aromatic heterocycles. The fraction of sp³-hybridized carbons (Fsp3) is 0.188. The van der Waals surface area contributed by atoms with Crippen LogP contribution in [0.4, 0.5) is 0 Å². The maximum atomic E-state index is 11.3. The number of benzene rings is 1. The van der Waals surface area contributed by atoms with Crippen molar-refractivity contribution in [1.82, 2.24) is 4.98 Å². The van der Waals surface area contributed by atoms with Gasteiger partial charge in [-0.1, -0.05) is 17.7 Å². The molecule has 102 valence electrons. The molecule has 0 aliphatic rings. The molecule has 1 heterocycles. The Morgan fingerprint density at radius 1 is 1.30 bits per heavy atom. The van der Waals surface area contributed by atoms with Crippen molar-refractivity contribution in [2.75, 3.05) is 0 Å². The molecule has 4 heteroatoms. The number of rotatable bonds is 5. The summed E-state index contributed by atoms with van der Waals surface area (Å²) < 4.78 is 5.60. The Hall–Kier alpha value is -2.49. The van der Waals surface area contributed by atoms with Crippen molar-refractivity contribution >= 4 is 12.1 Å². The number of ketones is 1. The summed E-state index contributed by atoms with van der Waals surface area (Å²) >= 11 is 0. The Morgan fingerprint density at radius 2 is 2.10 bits per heavy atom. The van der Waals surface area contributed by atoms with Crippen LogP contribution in [-0.2, 0) is 6.61 Å². The van der Waals surface area contributed by atoms with Crippen LogP contribution in [-0.4, -0.2) is 17.1 Å². The van der Waals surface area contributed by atoms with Gasteiger partial charge in [0.15, 0.2) is 12.1 Å². The van der Waals surface area contributed by atoms with Gasteiger partial charge in [-0.3, -0.25) is 9.59 Å². The average Bonchev–Trinajstić information content (AvgIpc) is 2.46. The van der Waals surface area contributed by atoms with Crippen LogP contribution in [0.3, 0.4) is 0 Å². The zero-order valence-corrected chi connectivity index (χ0v) is 11.4. The molecule has 2 aromatic rings. The molecule has 0 bridgehead atoms. The predicted molar refractivity (Wildman–Crippen MR) is 75.1 cm³/mol. The van der Waals surface area contributed by atoms with Crippen LogP contribution >= 0.6 is 0 Å². The highest BCUT2D eigenvalue weighted by molar-refractivity contribution is 5.92. The highest BCUT2D eigenvalue weighted by Gasteiger charge is 2.06. The van der Waals surface area contributed by atoms with Gasteiger partial charge >= 0.3 is 0 Å². The molecule has 0 saturated heterocycles. The number of ether oxygens (including phenoxy) is 1. The van der Waals surface area contributed by atoms with Crippen molar-refractivity contribution in [2.45, 2.75) is 20.5 Å². The van der Waals surface area contributed by atoms with Crippen molar-refractivity contribution < 1.29 is 14.3 Å². The summed E-state index contributed by atoms with van der Waals surface area (Å²) in [6.45, 7) is 3.59. The highest BCUT2D eigenvalue weighted by Crippen LogP contribution is 2.19. The van der Waals surface area contributed by atoms with Gasteiger partial charge in [0.05, 0.1) is 11.3 Å². The van der Waals surface area contributed by atoms with Crippen LogP contribution in [0.1, 0.15) is 39.0 Å². The fourth-order valence-electron chi connectivity index (χ4n) is 1.80. The molecule has 0 unspecified atom stereocenters. The van der Waals surface area contributed by atoms with Crippen molar-refractivity contribution in [1.29, 1.82) is 0 Å². The second-order valence-electron chi connectivity index (χ2n) is 4.52. The van der Waals surface area contributed by atoms with Gasteiger partial charge in [-0.2, -0.15) is 0 Å². The van der Waals surface area contributed by atoms with Crippen LogP contribution in [0.5, 0.6) is 5.75 Å². The molecule has 0 radical (unpaired) electrons. The van der Waals surface area contributed by atoms with E-state index in [4.69, 9.17) is 4.74 Å². The number of carbonyl (C=O) groups excluding carboxylic acids is 2. The first-order valence-corrected chi connectivity index (χ1v) is 6.25. The summed E-state index contributed by atoms with van der Waals surface area (Å²) in [7, 11) is 0. The van der Waals surface area contributed by atoms with Gasteiger partial charge in [0.1, 0.15) is 18.1 Å². The average molecular weight is 269 g/mol. The van der Waals surface area contributed by atoms with Crippen LogP contribution in [0.2, 0.25) is 0 Å². The first kappa shape index (κ1) is 13.9. The molecule has 0 fully saturated rings. The number of aromatic nitrogens is 1. The normalized spacial score (nSPS) is 10.1. The molecule has 0 N–H and O–H groups in total. The van der Waals surface area contributed by atoms with Gasteiger partial charge < -0.3 is 4.74 Å². The highest BCUT2D eigenvalue weighted by atomic mass is 16.5. The van der Waals surface area contributed by atoms with Gasteiger partial charge in [-0.15, -0.1) is 0 Å². The number of Topliss-reactive ketones (excluding diaryl/α,β-unsaturated/α-hetero) is 1. The number of carbonyl (C=O) groups is 2. The predicted octanol–water partition coefficient (Wildman–Crippen LogP) is 2.98. The quantitative estimate of drug-likeness (QED) is 0.618. The number of aldehydes is 1. The Kier molecular flexibility index (Phi) is 4.25. The largest absolute Gasteiger partial charge is 0.487 e. The lowest BCUT2D eigenvalue weighted by Crippen LogP contribution is -2.04. The van der Waals surface area contributed by atoms with Crippen molar-refractivity contribution in [2.24, 2.45) is 0 Å². The molecule has 0 aliphatic carbocycles. The number of aryl methyl sites for hydroxylation is 1. The van der Waals surface area contributed by atoms with Gasteiger partial charge in [-0.25, -0.2) is 4.98 Å². The third-order valence-electron chi connectivity index (χ3n) is 2.84. The third-order valence-corrected chi connectivity index (χ3v) is 2.84. The van der Waals surface area contributed by atoms with E-state index in [-0.39, 0.29) is 12.4 Å². The van der Waals surface area contributed by atoms with Crippen LogP contribution < -0.4 is 4.74 Å². The molecule has 0 saturated carbocycles. The van der Waals surface area contributed by atoms with E-state index in [0.29, 0.717) is 22.7 Å². The Balaban J connectivity index is 2.14. The maximum absolute atomic E-state index is 11.3. The topological polar surface area (TPSA) is 56.3 Å². The van der Waals surface area contributed by atoms with E-state index < -0.39 is 0 Å². The Labute approximate surface area is 117 Å². The number of hydrogen-bond acceptors (Lipinski definition) is 4. The first-order chi connectivity index (χ1) is 9.60. The summed E-state index contributed by atoms with van der Waals surface area (Å²) in [4.78, 5) is 26.5. The van der Waals surface area contributed by atoms with Crippen LogP contribution in [0.25, 0.3) is 0 Å². The van der Waals surface area contributed by atoms with E-state index in [9.17, 15) is 9.59 Å². The molecule has 0 spiro atoms. The number of pyridine rings is 1. The maximum Gasteiger partial charge on any atom is 0.178 e. The minimum atomic E-state index is -0.0873. The molecule has 4 nitrogen and oxygen atoms in total. The monoisotopic (exact) mass is 269 g/mol. The lowest BCUT2D eigenvalue weighted by atomic mass is 10.1. The first-order valence-electron chi connectivity index (χ1n) is 6.25. The van der Waals surface area contributed by atoms with Gasteiger partial charge in [0.2, 0.25) is 0 Å². The van der Waals surface area contributed by atoms with E-state index in [1.54, 1.807) is 30.3 Å². The SMILES string of the molecule is CC(=O)c1cccc(COc2ccc(C)cc2C=O)n1. The number of nitrogens with zero attached hydrogens (tertiary/aromatic N) is 1. The van der Waals surface area contributed by atoms with Crippen molar-refractivity contribution in [3.63, 3.8) is 0 Å². The smallest absolute Gasteiger partial charge is 0.178 e. The third kappa shape index (κ3) is 3.29. The molecule has 1 aromatic carbocycles. The van der Waals surface area contributed by atoms with Crippen LogP contribution in [0.15, 0.2) is 36.4 Å². The minimum Gasteiger partial charge on any atom is -0.487 e. The minimum absolute atomic E-state index is 0.0873. The number of hydrogen-bond donors (Lipinski definition) is 0. The molecular weight excluding hydrogens is 254 g/mol. The van der Waals surface area contributed by atoms with E-state index >= 15 is 0 Å². The van der Waals surface area contributed by atoms with Gasteiger partial charge in [0, 0.05) is 6.92 Å². The van der Waals surface area contributed by atoms with Crippen molar-refractivity contribution in [3.8, 4) is 5.75 Å². The molecule has 0 amide bonds. The summed E-state index contributed by atoms with van der Waals surface area (Å²) in [5.74, 6) is 0.427. The second-order valence-corrected chi connectivity index (χ2v) is 4.52. The molecule has 0 atom stereocenters. The van der Waals surface area contributed by atoms with Gasteiger partial charge in [-0.05, 0) is 31.2 Å². The van der Waals surface area contributed by atoms with E-state index in [2.05, 4.69) is 4.98 Å². The van der Waals surface area contributed by atoms with E-state index in [1.165, 1.54) is 6.92 Å². The lowest BCUT2D eigenvalue weighted by molar-refractivity contribution is 0.101. The van der Waals surface area contributed by atoms with Crippen LogP contribution in [0, 0.1) is 6.92 Å². The van der Waals surface area contributed by atoms with E-state index in [0.717, 1.165) is 11.8 Å². The summed E-state index contributed by atoms with van der Waals surface area (Å²) in [5, 5.41) is 0.